The Hall–Kier alpha value is -1.97. The predicted molar refractivity (Wildman–Crippen MR) is 67.9 cm³/mol. The zero-order chi connectivity index (χ0) is 15.3. The van der Waals surface area contributed by atoms with Crippen LogP contribution in [0.5, 0.6) is 5.75 Å². The van der Waals surface area contributed by atoms with Gasteiger partial charge in [0.15, 0.2) is 0 Å². The SMILES string of the molecule is COc1cccc(C(=O)S(=O)(=O)N[C@H](CO)C(=O)O)c1. The van der Waals surface area contributed by atoms with Crippen molar-refractivity contribution < 1.29 is 33.0 Å². The van der Waals surface area contributed by atoms with Crippen molar-refractivity contribution in [3.8, 4) is 5.75 Å². The van der Waals surface area contributed by atoms with Crippen molar-refractivity contribution >= 4 is 21.1 Å². The van der Waals surface area contributed by atoms with Gasteiger partial charge < -0.3 is 14.9 Å². The third-order valence-electron chi connectivity index (χ3n) is 2.33. The fraction of sp³-hybridized carbons (Fsp3) is 0.273. The standard InChI is InChI=1S/C11H13NO7S/c1-19-8-4-2-3-7(5-8)11(16)20(17,18)12-9(6-13)10(14)15/h2-5,9,12-13H,6H2,1H3,(H,14,15)/t9-/m1/s1. The number of aliphatic hydroxyl groups excluding tert-OH is 1. The van der Waals surface area contributed by atoms with E-state index in [1.54, 1.807) is 4.72 Å². The van der Waals surface area contributed by atoms with Crippen LogP contribution in [0, 0.1) is 0 Å². The highest BCUT2D eigenvalue weighted by atomic mass is 32.2. The molecule has 0 saturated carbocycles. The van der Waals surface area contributed by atoms with Crippen LogP contribution in [0.1, 0.15) is 10.4 Å². The molecule has 0 radical (unpaired) electrons. The minimum absolute atomic E-state index is 0.182. The summed E-state index contributed by atoms with van der Waals surface area (Å²) in [5, 5.41) is 16.1. The molecule has 0 spiro atoms. The average Bonchev–Trinajstić information content (AvgIpc) is 2.43. The van der Waals surface area contributed by atoms with Gasteiger partial charge in [0.05, 0.1) is 13.7 Å². The first-order chi connectivity index (χ1) is 9.31. The zero-order valence-electron chi connectivity index (χ0n) is 10.4. The van der Waals surface area contributed by atoms with Gasteiger partial charge in [-0.3, -0.25) is 9.59 Å². The third kappa shape index (κ3) is 3.76. The Bertz CT molecular complexity index is 611. The van der Waals surface area contributed by atoms with E-state index in [-0.39, 0.29) is 11.3 Å². The number of hydrogen-bond donors (Lipinski definition) is 3. The first kappa shape index (κ1) is 16.1. The molecule has 1 aromatic carbocycles. The lowest BCUT2D eigenvalue weighted by molar-refractivity contribution is -0.139. The molecule has 0 bridgehead atoms. The van der Waals surface area contributed by atoms with Gasteiger partial charge >= 0.3 is 5.97 Å². The maximum atomic E-state index is 11.8. The van der Waals surface area contributed by atoms with Crippen LogP contribution in [-0.4, -0.2) is 49.5 Å². The summed E-state index contributed by atoms with van der Waals surface area (Å²) in [7, 11) is -3.23. The Morgan fingerprint density at radius 2 is 2.05 bits per heavy atom. The molecular weight excluding hydrogens is 290 g/mol. The number of aliphatic hydroxyl groups is 1. The number of sulfonamides is 1. The Labute approximate surface area is 115 Å². The van der Waals surface area contributed by atoms with Crippen LogP contribution in [-0.2, 0) is 14.8 Å². The minimum atomic E-state index is -4.58. The third-order valence-corrected chi connectivity index (χ3v) is 3.65. The number of carbonyl (C=O) groups excluding carboxylic acids is 1. The molecule has 8 nitrogen and oxygen atoms in total. The Kier molecular flexibility index (Phi) is 5.19. The maximum absolute atomic E-state index is 11.8. The summed E-state index contributed by atoms with van der Waals surface area (Å²) < 4.78 is 29.9. The molecule has 0 aliphatic heterocycles. The Balaban J connectivity index is 3.02. The summed E-state index contributed by atoms with van der Waals surface area (Å²) in [6.07, 6.45) is 0. The predicted octanol–water partition coefficient (Wildman–Crippen LogP) is -0.800. The van der Waals surface area contributed by atoms with Gasteiger partial charge in [0.25, 0.3) is 15.1 Å². The Morgan fingerprint density at radius 1 is 1.40 bits per heavy atom. The van der Waals surface area contributed by atoms with E-state index < -0.39 is 33.8 Å². The molecule has 110 valence electrons. The fourth-order valence-corrected chi connectivity index (χ4v) is 2.41. The van der Waals surface area contributed by atoms with E-state index in [1.807, 2.05) is 0 Å². The number of ether oxygens (including phenoxy) is 1. The van der Waals surface area contributed by atoms with Crippen LogP contribution in [0.2, 0.25) is 0 Å². The lowest BCUT2D eigenvalue weighted by Gasteiger charge is -2.11. The molecule has 0 amide bonds. The molecular formula is C11H13NO7S. The number of methoxy groups -OCH3 is 1. The molecule has 0 heterocycles. The van der Waals surface area contributed by atoms with Crippen LogP contribution in [0.25, 0.3) is 0 Å². The summed E-state index contributed by atoms with van der Waals surface area (Å²) in [6.45, 7) is -0.972. The molecule has 1 atom stereocenters. The molecule has 0 aromatic heterocycles. The van der Waals surface area contributed by atoms with E-state index in [0.29, 0.717) is 0 Å². The molecule has 0 aliphatic carbocycles. The van der Waals surface area contributed by atoms with Gasteiger partial charge in [-0.25, -0.2) is 8.42 Å². The van der Waals surface area contributed by atoms with E-state index >= 15 is 0 Å². The second-order valence-electron chi connectivity index (χ2n) is 3.71. The first-order valence-corrected chi connectivity index (χ1v) is 6.84. The van der Waals surface area contributed by atoms with Crippen LogP contribution in [0.3, 0.4) is 0 Å². The highest BCUT2D eigenvalue weighted by molar-refractivity contribution is 8.05. The molecule has 0 saturated heterocycles. The molecule has 9 heteroatoms. The number of carboxylic acid groups (broad SMARTS) is 1. The first-order valence-electron chi connectivity index (χ1n) is 5.36. The van der Waals surface area contributed by atoms with Crippen LogP contribution < -0.4 is 9.46 Å². The van der Waals surface area contributed by atoms with Crippen molar-refractivity contribution in [3.05, 3.63) is 29.8 Å². The van der Waals surface area contributed by atoms with Crippen LogP contribution in [0.15, 0.2) is 24.3 Å². The van der Waals surface area contributed by atoms with Crippen molar-refractivity contribution in [3.63, 3.8) is 0 Å². The molecule has 3 N–H and O–H groups in total. The normalized spacial score (nSPS) is 12.7. The van der Waals surface area contributed by atoms with E-state index in [9.17, 15) is 18.0 Å². The largest absolute Gasteiger partial charge is 0.497 e. The number of nitrogens with one attached hydrogen (secondary N) is 1. The highest BCUT2D eigenvalue weighted by Gasteiger charge is 2.30. The topological polar surface area (TPSA) is 130 Å². The van der Waals surface area contributed by atoms with Crippen molar-refractivity contribution in [2.24, 2.45) is 0 Å². The maximum Gasteiger partial charge on any atom is 0.324 e. The monoisotopic (exact) mass is 303 g/mol. The van der Waals surface area contributed by atoms with Crippen molar-refractivity contribution in [1.82, 2.24) is 4.72 Å². The smallest absolute Gasteiger partial charge is 0.324 e. The molecule has 0 unspecified atom stereocenters. The van der Waals surface area contributed by atoms with E-state index in [1.165, 1.54) is 31.4 Å². The number of aliphatic carboxylic acids is 1. The van der Waals surface area contributed by atoms with E-state index in [2.05, 4.69) is 0 Å². The summed E-state index contributed by atoms with van der Waals surface area (Å²) in [5.74, 6) is -1.31. The van der Waals surface area contributed by atoms with E-state index in [4.69, 9.17) is 14.9 Å². The lowest BCUT2D eigenvalue weighted by Crippen LogP contribution is -2.45. The second kappa shape index (κ2) is 6.46. The quantitative estimate of drug-likeness (QED) is 0.627. The minimum Gasteiger partial charge on any atom is -0.497 e. The van der Waals surface area contributed by atoms with Crippen molar-refractivity contribution in [2.45, 2.75) is 6.04 Å². The molecule has 1 aromatic rings. The van der Waals surface area contributed by atoms with E-state index in [0.717, 1.165) is 0 Å². The van der Waals surface area contributed by atoms with Crippen molar-refractivity contribution in [1.29, 1.82) is 0 Å². The summed E-state index contributed by atoms with van der Waals surface area (Å²) in [5.41, 5.74) is -0.182. The van der Waals surface area contributed by atoms with Gasteiger partial charge in [0, 0.05) is 5.56 Å². The van der Waals surface area contributed by atoms with Gasteiger partial charge in [0.1, 0.15) is 11.8 Å². The van der Waals surface area contributed by atoms with Crippen molar-refractivity contribution in [2.75, 3.05) is 13.7 Å². The van der Waals surface area contributed by atoms with Crippen LogP contribution in [0.4, 0.5) is 0 Å². The van der Waals surface area contributed by atoms with Gasteiger partial charge in [0.2, 0.25) is 0 Å². The van der Waals surface area contributed by atoms with Gasteiger partial charge in [-0.15, -0.1) is 0 Å². The average molecular weight is 303 g/mol. The number of carbonyl (C=O) groups is 2. The highest BCUT2D eigenvalue weighted by Crippen LogP contribution is 2.14. The molecule has 0 aliphatic rings. The second-order valence-corrected chi connectivity index (χ2v) is 5.33. The molecule has 1 rings (SSSR count). The van der Waals surface area contributed by atoms with Crippen LogP contribution >= 0.6 is 0 Å². The lowest BCUT2D eigenvalue weighted by atomic mass is 10.2. The number of hydrogen-bond acceptors (Lipinski definition) is 6. The van der Waals surface area contributed by atoms with Gasteiger partial charge in [-0.1, -0.05) is 6.07 Å². The Morgan fingerprint density at radius 3 is 2.55 bits per heavy atom. The summed E-state index contributed by atoms with van der Waals surface area (Å²) in [6, 6.07) is 3.61. The number of carboxylic acids is 1. The van der Waals surface area contributed by atoms with Gasteiger partial charge in [-0.2, -0.15) is 4.72 Å². The zero-order valence-corrected chi connectivity index (χ0v) is 11.3. The number of benzene rings is 1. The number of rotatable bonds is 6. The fourth-order valence-electron chi connectivity index (χ4n) is 1.31. The summed E-state index contributed by atoms with van der Waals surface area (Å²) in [4.78, 5) is 22.5. The summed E-state index contributed by atoms with van der Waals surface area (Å²) >= 11 is 0. The molecule has 0 fully saturated rings. The molecule has 20 heavy (non-hydrogen) atoms. The van der Waals surface area contributed by atoms with Gasteiger partial charge in [-0.05, 0) is 18.2 Å².